The van der Waals surface area contributed by atoms with Crippen LogP contribution in [0.2, 0.25) is 0 Å². The number of carbonyl (C=O) groups is 13. The normalized spacial score (nSPS) is 14.8. The number of carboxylic acids is 2. The second-order valence-corrected chi connectivity index (χ2v) is 15.4. The highest BCUT2D eigenvalue weighted by molar-refractivity contribution is 7.80. The zero-order chi connectivity index (χ0) is 52.3. The molecule has 0 heterocycles. The summed E-state index contributed by atoms with van der Waals surface area (Å²) in [7, 11) is 0. The molecule has 21 N–H and O–H groups in total. The number of primary amides is 2. The molecule has 0 fully saturated rings. The molecule has 11 amide bonds. The highest BCUT2D eigenvalue weighted by Gasteiger charge is 2.34. The largest absolute Gasteiger partial charge is 0.481 e. The third-order valence-corrected chi connectivity index (χ3v) is 9.85. The molecule has 384 valence electrons. The molecule has 0 rings (SSSR count). The van der Waals surface area contributed by atoms with E-state index in [0.29, 0.717) is 6.42 Å². The summed E-state index contributed by atoms with van der Waals surface area (Å²) in [5.74, 6) is -15.4. The van der Waals surface area contributed by atoms with Gasteiger partial charge in [0.25, 0.3) is 0 Å². The van der Waals surface area contributed by atoms with Crippen LogP contribution in [-0.2, 0) is 62.3 Å². The van der Waals surface area contributed by atoms with Gasteiger partial charge in [0, 0.05) is 17.9 Å². The molecule has 9 atom stereocenters. The topological polar surface area (TPSA) is 515 Å². The number of aliphatic carboxylic acids is 2. The van der Waals surface area contributed by atoms with Crippen LogP contribution in [0.25, 0.3) is 0 Å². The molecule has 68 heavy (non-hydrogen) atoms. The van der Waals surface area contributed by atoms with Crippen molar-refractivity contribution in [3.63, 3.8) is 0 Å². The van der Waals surface area contributed by atoms with Gasteiger partial charge in [-0.15, -0.1) is 0 Å². The Kier molecular flexibility index (Phi) is 29.3. The van der Waals surface area contributed by atoms with Crippen LogP contribution in [0.4, 0.5) is 0 Å². The molecule has 0 saturated carbocycles. The van der Waals surface area contributed by atoms with Gasteiger partial charge in [0.15, 0.2) is 0 Å². The van der Waals surface area contributed by atoms with Crippen LogP contribution in [0.15, 0.2) is 0 Å². The Labute approximate surface area is 398 Å². The number of rotatable bonds is 34. The maximum atomic E-state index is 13.4. The lowest BCUT2D eigenvalue weighted by atomic mass is 10.1. The second kappa shape index (κ2) is 32.4. The van der Waals surface area contributed by atoms with Crippen molar-refractivity contribution >= 4 is 102 Å². The van der Waals surface area contributed by atoms with Gasteiger partial charge in [0.05, 0.1) is 38.6 Å². The first-order valence-corrected chi connectivity index (χ1v) is 21.7. The molecule has 0 unspecified atom stereocenters. The summed E-state index contributed by atoms with van der Waals surface area (Å²) in [6.45, 7) is -1.88. The zero-order valence-electron chi connectivity index (χ0n) is 36.7. The van der Waals surface area contributed by atoms with E-state index in [9.17, 15) is 82.8 Å². The molecule has 0 spiro atoms. The van der Waals surface area contributed by atoms with Crippen molar-refractivity contribution in [3.05, 3.63) is 0 Å². The van der Waals surface area contributed by atoms with E-state index in [1.807, 2.05) is 0 Å². The lowest BCUT2D eigenvalue weighted by molar-refractivity contribution is -0.142. The first-order chi connectivity index (χ1) is 31.8. The molecular formula is C36H61N13O17S2. The Morgan fingerprint density at radius 1 is 0.515 bits per heavy atom. The Hall–Kier alpha value is -6.35. The minimum Gasteiger partial charge on any atom is -0.481 e. The van der Waals surface area contributed by atoms with Crippen LogP contribution in [0.3, 0.4) is 0 Å². The summed E-state index contributed by atoms with van der Waals surface area (Å²) in [5.41, 5.74) is 21.5. The lowest BCUT2D eigenvalue weighted by Gasteiger charge is -2.26. The quantitative estimate of drug-likeness (QED) is 0.0210. The number of hydrogen-bond donors (Lipinski definition) is 19. The summed E-state index contributed by atoms with van der Waals surface area (Å²) < 4.78 is 0. The zero-order valence-corrected chi connectivity index (χ0v) is 38.5. The summed E-state index contributed by atoms with van der Waals surface area (Å²) in [6, 6.07) is -14.5. The van der Waals surface area contributed by atoms with Gasteiger partial charge < -0.3 is 91.2 Å². The van der Waals surface area contributed by atoms with Gasteiger partial charge in [-0.25, -0.2) is 4.79 Å². The first kappa shape index (κ1) is 61.7. The summed E-state index contributed by atoms with van der Waals surface area (Å²) in [6.07, 6.45) is -2.47. The van der Waals surface area contributed by atoms with Crippen molar-refractivity contribution in [1.82, 2.24) is 47.9 Å². The molecule has 0 radical (unpaired) electrons. The van der Waals surface area contributed by atoms with Crippen LogP contribution in [0, 0.1) is 0 Å². The molecule has 32 heteroatoms. The Balaban J connectivity index is 5.93. The summed E-state index contributed by atoms with van der Waals surface area (Å²) in [5, 5.41) is 57.8. The van der Waals surface area contributed by atoms with E-state index in [2.05, 4.69) is 73.1 Å². The monoisotopic (exact) mass is 1010 g/mol. The van der Waals surface area contributed by atoms with Crippen LogP contribution < -0.4 is 70.8 Å². The van der Waals surface area contributed by atoms with E-state index >= 15 is 0 Å². The number of nitrogens with one attached hydrogen (secondary N) is 9. The maximum Gasteiger partial charge on any atom is 0.327 e. The molecule has 0 aliphatic carbocycles. The number of amides is 11. The summed E-state index contributed by atoms with van der Waals surface area (Å²) in [4.78, 5) is 162. The Bertz CT molecular complexity index is 1830. The molecule has 0 bridgehead atoms. The molecule has 0 aromatic rings. The van der Waals surface area contributed by atoms with Crippen molar-refractivity contribution in [1.29, 1.82) is 0 Å². The minimum atomic E-state index is -1.93. The lowest BCUT2D eigenvalue weighted by Crippen LogP contribution is -2.61. The smallest absolute Gasteiger partial charge is 0.327 e. The number of unbranched alkanes of at least 4 members (excludes halogenated alkanes) is 1. The standard InChI is InChI=1S/C36H61N13O17S2/c1-15(42-32(61)19(8-24(39)52)45-29(58)16(38)13-67)28(57)41-10-26(54)43-18(5-6-27(55)56)31(60)47-22(12-51)35(64)48-21(11-50)34(63)44-17(4-2-3-7-37)30(59)46-20(9-25(40)53)33(62)49-23(14-68)36(65)66/h15-23,50-51,67-68H,2-14,37-38H2,1H3,(H2,39,52)(H2,40,53)(H,41,57)(H,42,61)(H,43,54)(H,44,63)(H,45,58)(H,46,59)(H,47,60)(H,48,64)(H,49,62)(H,55,56)(H,65,66)/t15-,16-,17-,18-,19-,20-,21-,22-,23-/m0/s1. The van der Waals surface area contributed by atoms with Crippen LogP contribution in [0.5, 0.6) is 0 Å². The van der Waals surface area contributed by atoms with Gasteiger partial charge in [0.2, 0.25) is 65.0 Å². The van der Waals surface area contributed by atoms with E-state index < -0.39 is 177 Å². The van der Waals surface area contributed by atoms with E-state index in [1.54, 1.807) is 0 Å². The molecule has 0 aliphatic rings. The number of aliphatic hydroxyl groups excluding tert-OH is 2. The second-order valence-electron chi connectivity index (χ2n) is 14.7. The van der Waals surface area contributed by atoms with Crippen LogP contribution in [0.1, 0.15) is 51.9 Å². The highest BCUT2D eigenvalue weighted by atomic mass is 32.1. The van der Waals surface area contributed by atoms with Crippen molar-refractivity contribution in [2.45, 2.75) is 106 Å². The fraction of sp³-hybridized carbons (Fsp3) is 0.639. The number of nitrogens with two attached hydrogens (primary N) is 4. The van der Waals surface area contributed by atoms with Gasteiger partial charge >= 0.3 is 11.9 Å². The Morgan fingerprint density at radius 3 is 1.35 bits per heavy atom. The van der Waals surface area contributed by atoms with E-state index in [0.717, 1.165) is 0 Å². The van der Waals surface area contributed by atoms with Crippen LogP contribution in [-0.4, -0.2) is 190 Å². The number of thiol groups is 2. The van der Waals surface area contributed by atoms with Crippen molar-refractivity contribution < 1.29 is 82.8 Å². The number of carboxylic acid groups (broad SMARTS) is 2. The van der Waals surface area contributed by atoms with Gasteiger partial charge in [0.1, 0.15) is 48.3 Å². The van der Waals surface area contributed by atoms with Gasteiger partial charge in [-0.3, -0.25) is 57.5 Å². The average Bonchev–Trinajstić information content (AvgIpc) is 3.27. The van der Waals surface area contributed by atoms with Gasteiger partial charge in [-0.1, -0.05) is 0 Å². The molecule has 0 saturated heterocycles. The SMILES string of the molecule is C[C@H](NC(=O)[C@H](CC(N)=O)NC(=O)[C@@H](N)CS)C(=O)NCC(=O)N[C@@H](CCC(=O)O)C(=O)N[C@@H](CO)C(=O)N[C@@H](CO)C(=O)N[C@@H](CCCCN)C(=O)N[C@@H](CC(N)=O)C(=O)N[C@@H](CS)C(=O)O. The summed E-state index contributed by atoms with van der Waals surface area (Å²) >= 11 is 7.71. The average molecular weight is 1010 g/mol. The van der Waals surface area contributed by atoms with Crippen LogP contribution >= 0.6 is 25.3 Å². The first-order valence-electron chi connectivity index (χ1n) is 20.5. The fourth-order valence-electron chi connectivity index (χ4n) is 5.36. The highest BCUT2D eigenvalue weighted by Crippen LogP contribution is 2.06. The predicted octanol–water partition coefficient (Wildman–Crippen LogP) is -10.00. The van der Waals surface area contributed by atoms with E-state index in [-0.39, 0.29) is 30.9 Å². The van der Waals surface area contributed by atoms with Gasteiger partial charge in [-0.2, -0.15) is 25.3 Å². The number of carbonyl (C=O) groups excluding carboxylic acids is 11. The van der Waals surface area contributed by atoms with Crippen molar-refractivity contribution in [2.24, 2.45) is 22.9 Å². The number of hydrogen-bond acceptors (Lipinski definition) is 19. The molecule has 0 aliphatic heterocycles. The fourth-order valence-corrected chi connectivity index (χ4v) is 5.77. The third-order valence-electron chi connectivity index (χ3n) is 9.09. The third kappa shape index (κ3) is 23.9. The van der Waals surface area contributed by atoms with Gasteiger partial charge in [-0.05, 0) is 39.2 Å². The molecule has 30 nitrogen and oxygen atoms in total. The maximum absolute atomic E-state index is 13.4. The minimum absolute atomic E-state index is 0.114. The Morgan fingerprint density at radius 2 is 0.926 bits per heavy atom. The predicted molar refractivity (Wildman–Crippen MR) is 239 cm³/mol. The van der Waals surface area contributed by atoms with E-state index in [1.165, 1.54) is 6.92 Å². The van der Waals surface area contributed by atoms with Crippen molar-refractivity contribution in [3.8, 4) is 0 Å². The van der Waals surface area contributed by atoms with E-state index in [4.69, 9.17) is 22.9 Å². The molecule has 0 aromatic heterocycles. The number of aliphatic hydroxyl groups is 2. The molecular weight excluding hydrogens is 951 g/mol. The van der Waals surface area contributed by atoms with Crippen molar-refractivity contribution in [2.75, 3.05) is 37.8 Å². The molecule has 0 aromatic carbocycles.